The van der Waals surface area contributed by atoms with Gasteiger partial charge in [0.1, 0.15) is 6.04 Å². The minimum Gasteiger partial charge on any atom is -0.454 e. The van der Waals surface area contributed by atoms with Gasteiger partial charge >= 0.3 is 12.0 Å². The first-order valence-electron chi connectivity index (χ1n) is 8.60. The molecule has 1 aromatic carbocycles. The van der Waals surface area contributed by atoms with Gasteiger partial charge in [0.05, 0.1) is 6.04 Å². The molecule has 0 spiro atoms. The lowest BCUT2D eigenvalue weighted by Gasteiger charge is -2.26. The van der Waals surface area contributed by atoms with Gasteiger partial charge in [0, 0.05) is 0 Å². The number of fused-ring (bicyclic) bond motifs is 1. The number of amides is 3. The first-order valence-corrected chi connectivity index (χ1v) is 9.99. The van der Waals surface area contributed by atoms with Crippen LogP contribution >= 0.6 is 11.8 Å². The van der Waals surface area contributed by atoms with Gasteiger partial charge in [-0.3, -0.25) is 4.79 Å². The van der Waals surface area contributed by atoms with Crippen molar-refractivity contribution in [2.45, 2.75) is 37.8 Å². The molecule has 2 atom stereocenters. The van der Waals surface area contributed by atoms with Crippen molar-refractivity contribution in [3.8, 4) is 0 Å². The molecule has 0 radical (unpaired) electrons. The third-order valence-electron chi connectivity index (χ3n) is 4.26. The normalized spacial score (nSPS) is 16.9. The number of ether oxygens (including phenoxy) is 1. The highest BCUT2D eigenvalue weighted by Crippen LogP contribution is 2.29. The second-order valence-corrected chi connectivity index (χ2v) is 7.15. The zero-order chi connectivity index (χ0) is 18.9. The number of nitrogens with one attached hydrogen (secondary N) is 2. The summed E-state index contributed by atoms with van der Waals surface area (Å²) in [6.45, 7) is -0.381. The SMILES string of the molecule is CSCC[C@H](NC(N)=O)C(=O)OCC(=O)N[C@@H]1CCCc2ccccc21. The third-order valence-corrected chi connectivity index (χ3v) is 4.91. The Morgan fingerprint density at radius 3 is 2.85 bits per heavy atom. The van der Waals surface area contributed by atoms with Crippen molar-refractivity contribution in [3.63, 3.8) is 0 Å². The van der Waals surface area contributed by atoms with Crippen LogP contribution in [0.2, 0.25) is 0 Å². The maximum atomic E-state index is 12.2. The van der Waals surface area contributed by atoms with Gasteiger partial charge in [-0.15, -0.1) is 0 Å². The molecule has 7 nitrogen and oxygen atoms in total. The maximum absolute atomic E-state index is 12.2. The number of hydrogen-bond donors (Lipinski definition) is 3. The molecule has 0 aromatic heterocycles. The number of esters is 1. The quantitative estimate of drug-likeness (QED) is 0.593. The first-order chi connectivity index (χ1) is 12.5. The van der Waals surface area contributed by atoms with Gasteiger partial charge in [0.25, 0.3) is 5.91 Å². The van der Waals surface area contributed by atoms with Crippen LogP contribution in [0.25, 0.3) is 0 Å². The van der Waals surface area contributed by atoms with Crippen molar-refractivity contribution in [2.24, 2.45) is 5.73 Å². The van der Waals surface area contributed by atoms with Crippen LogP contribution < -0.4 is 16.4 Å². The predicted octanol–water partition coefficient (Wildman–Crippen LogP) is 1.51. The maximum Gasteiger partial charge on any atom is 0.329 e. The molecule has 8 heteroatoms. The number of rotatable bonds is 8. The van der Waals surface area contributed by atoms with Crippen molar-refractivity contribution in [1.82, 2.24) is 10.6 Å². The minimum atomic E-state index is -0.844. The number of urea groups is 1. The molecule has 0 saturated heterocycles. The van der Waals surface area contributed by atoms with Crippen LogP contribution in [0.3, 0.4) is 0 Å². The third kappa shape index (κ3) is 5.94. The summed E-state index contributed by atoms with van der Waals surface area (Å²) in [5.41, 5.74) is 7.44. The Hall–Kier alpha value is -2.22. The monoisotopic (exact) mass is 379 g/mol. The molecule has 3 amide bonds. The molecule has 1 aliphatic carbocycles. The number of hydrogen-bond acceptors (Lipinski definition) is 5. The van der Waals surface area contributed by atoms with Gasteiger partial charge in [0.2, 0.25) is 0 Å². The molecule has 0 saturated carbocycles. The van der Waals surface area contributed by atoms with Crippen LogP contribution in [-0.4, -0.2) is 42.6 Å². The average molecular weight is 379 g/mol. The molecule has 1 aromatic rings. The average Bonchev–Trinajstić information content (AvgIpc) is 2.63. The van der Waals surface area contributed by atoms with Crippen LogP contribution in [0.15, 0.2) is 24.3 Å². The summed E-state index contributed by atoms with van der Waals surface area (Å²) in [4.78, 5) is 35.3. The first kappa shape index (κ1) is 20.1. The van der Waals surface area contributed by atoms with E-state index in [1.54, 1.807) is 0 Å². The molecule has 0 unspecified atom stereocenters. The van der Waals surface area contributed by atoms with E-state index in [1.807, 2.05) is 24.5 Å². The zero-order valence-electron chi connectivity index (χ0n) is 14.8. The number of primary amides is 1. The lowest BCUT2D eigenvalue weighted by Crippen LogP contribution is -2.45. The Balaban J connectivity index is 1.86. The van der Waals surface area contributed by atoms with Crippen molar-refractivity contribution >= 4 is 29.7 Å². The van der Waals surface area contributed by atoms with E-state index < -0.39 is 18.0 Å². The molecule has 26 heavy (non-hydrogen) atoms. The highest BCUT2D eigenvalue weighted by Gasteiger charge is 2.24. The molecule has 0 fully saturated rings. The number of benzene rings is 1. The minimum absolute atomic E-state index is 0.0674. The Kier molecular flexibility index (Phi) is 7.77. The Bertz CT molecular complexity index is 653. The second-order valence-electron chi connectivity index (χ2n) is 6.16. The summed E-state index contributed by atoms with van der Waals surface area (Å²) in [7, 11) is 0. The largest absolute Gasteiger partial charge is 0.454 e. The number of aryl methyl sites for hydroxylation is 1. The van der Waals surface area contributed by atoms with Crippen LogP contribution in [0.5, 0.6) is 0 Å². The number of thioether (sulfide) groups is 1. The smallest absolute Gasteiger partial charge is 0.329 e. The summed E-state index contributed by atoms with van der Waals surface area (Å²) in [5, 5.41) is 5.27. The highest BCUT2D eigenvalue weighted by molar-refractivity contribution is 7.98. The molecule has 4 N–H and O–H groups in total. The Morgan fingerprint density at radius 1 is 1.35 bits per heavy atom. The van der Waals surface area contributed by atoms with Gasteiger partial charge in [-0.05, 0) is 48.8 Å². The molecule has 0 heterocycles. The molecular weight excluding hydrogens is 354 g/mol. The van der Waals surface area contributed by atoms with E-state index in [4.69, 9.17) is 10.5 Å². The second kappa shape index (κ2) is 10.1. The van der Waals surface area contributed by atoms with E-state index in [1.165, 1.54) is 17.3 Å². The van der Waals surface area contributed by atoms with E-state index in [9.17, 15) is 14.4 Å². The van der Waals surface area contributed by atoms with Crippen LogP contribution in [0, 0.1) is 0 Å². The van der Waals surface area contributed by atoms with Crippen LogP contribution in [-0.2, 0) is 20.7 Å². The molecule has 0 bridgehead atoms. The molecule has 1 aliphatic rings. The molecular formula is C18H25N3O4S. The Labute approximate surface area is 157 Å². The summed E-state index contributed by atoms with van der Waals surface area (Å²) in [5.74, 6) is -0.356. The van der Waals surface area contributed by atoms with Gasteiger partial charge < -0.3 is 21.1 Å². The topological polar surface area (TPSA) is 111 Å². The fraction of sp³-hybridized carbons (Fsp3) is 0.500. The van der Waals surface area contributed by atoms with Gasteiger partial charge in [-0.1, -0.05) is 24.3 Å². The lowest BCUT2D eigenvalue weighted by atomic mass is 9.88. The summed E-state index contributed by atoms with van der Waals surface area (Å²) >= 11 is 1.54. The lowest BCUT2D eigenvalue weighted by molar-refractivity contribution is -0.150. The molecule has 2 rings (SSSR count). The van der Waals surface area contributed by atoms with E-state index in [-0.39, 0.29) is 18.6 Å². The standard InChI is InChI=1S/C18H25N3O4S/c1-26-10-9-15(21-18(19)24)17(23)25-11-16(22)20-14-8-4-6-12-5-2-3-7-13(12)14/h2-3,5,7,14-15H,4,6,8-11H2,1H3,(H,20,22)(H3,19,21,24)/t14-,15+/m1/s1. The van der Waals surface area contributed by atoms with Crippen LogP contribution in [0.4, 0.5) is 4.79 Å². The van der Waals surface area contributed by atoms with E-state index >= 15 is 0 Å². The highest BCUT2D eigenvalue weighted by atomic mass is 32.2. The predicted molar refractivity (Wildman–Crippen MR) is 101 cm³/mol. The number of carbonyl (C=O) groups is 3. The van der Waals surface area contributed by atoms with E-state index in [0.29, 0.717) is 12.2 Å². The van der Waals surface area contributed by atoms with E-state index in [0.717, 1.165) is 24.8 Å². The zero-order valence-corrected chi connectivity index (χ0v) is 15.6. The summed E-state index contributed by atoms with van der Waals surface area (Å²) in [6, 6.07) is 6.32. The van der Waals surface area contributed by atoms with Crippen molar-refractivity contribution < 1.29 is 19.1 Å². The van der Waals surface area contributed by atoms with Crippen molar-refractivity contribution in [1.29, 1.82) is 0 Å². The fourth-order valence-corrected chi connectivity index (χ4v) is 3.50. The fourth-order valence-electron chi connectivity index (χ4n) is 3.03. The van der Waals surface area contributed by atoms with E-state index in [2.05, 4.69) is 16.7 Å². The molecule has 0 aliphatic heterocycles. The van der Waals surface area contributed by atoms with Gasteiger partial charge in [0.15, 0.2) is 6.61 Å². The molecule has 142 valence electrons. The number of nitrogens with two attached hydrogens (primary N) is 1. The number of carbonyl (C=O) groups excluding carboxylic acids is 3. The summed E-state index contributed by atoms with van der Waals surface area (Å²) in [6.07, 6.45) is 5.15. The summed E-state index contributed by atoms with van der Waals surface area (Å²) < 4.78 is 5.06. The van der Waals surface area contributed by atoms with Gasteiger partial charge in [-0.2, -0.15) is 11.8 Å². The van der Waals surface area contributed by atoms with Crippen LogP contribution in [0.1, 0.15) is 36.4 Å². The Morgan fingerprint density at radius 2 is 2.12 bits per heavy atom. The van der Waals surface area contributed by atoms with Crippen molar-refractivity contribution in [3.05, 3.63) is 35.4 Å². The van der Waals surface area contributed by atoms with Gasteiger partial charge in [-0.25, -0.2) is 9.59 Å². The van der Waals surface area contributed by atoms with Crippen molar-refractivity contribution in [2.75, 3.05) is 18.6 Å².